The number of carbonyl (C=O) groups is 5. The van der Waals surface area contributed by atoms with E-state index in [4.69, 9.17) is 24.7 Å². The summed E-state index contributed by atoms with van der Waals surface area (Å²) >= 11 is 0. The summed E-state index contributed by atoms with van der Waals surface area (Å²) in [6, 6.07) is -0.980. The number of nitrogens with two attached hydrogens (primary N) is 1. The topological polar surface area (TPSA) is 205 Å². The van der Waals surface area contributed by atoms with Crippen LogP contribution < -0.4 is 35.3 Å². The van der Waals surface area contributed by atoms with Gasteiger partial charge in [-0.15, -0.1) is 0 Å². The Morgan fingerprint density at radius 1 is 0.484 bits per heavy atom. The van der Waals surface area contributed by atoms with Crippen molar-refractivity contribution in [3.05, 3.63) is 0 Å². The molecular weight excluding hydrogens is 850 g/mol. The number of carbonyl (C=O) groups excluding carboxylic acids is 5. The molecule has 4 atom stereocenters. The van der Waals surface area contributed by atoms with Gasteiger partial charge in [-0.25, -0.2) is 13.2 Å². The van der Waals surface area contributed by atoms with Crippen LogP contribution in [-0.4, -0.2) is 73.9 Å². The zero-order valence-corrected chi connectivity index (χ0v) is 44.6. The molecule has 0 aromatic carbocycles. The van der Waals surface area contributed by atoms with Gasteiger partial charge >= 0.3 is 59.4 Å². The third-order valence-electron chi connectivity index (χ3n) is 11.4. The van der Waals surface area contributed by atoms with Crippen LogP contribution in [0.5, 0.6) is 0 Å². The van der Waals surface area contributed by atoms with Gasteiger partial charge in [0.05, 0.1) is 26.2 Å². The predicted octanol–water partition coefficient (Wildman–Crippen LogP) is 8.36. The predicted molar refractivity (Wildman–Crippen MR) is 250 cm³/mol. The maximum atomic E-state index is 12.1. The van der Waals surface area contributed by atoms with E-state index in [0.29, 0.717) is 6.61 Å². The Bertz CT molecular complexity index is 1270. The normalized spacial score (nSPS) is 13.0. The molecule has 0 saturated carbocycles. The SMILES string of the molecule is CCCCC(CC)COC(=O)CC(C(=O)OCC(CC)CCCC)S(=O)(=O)[O-].CCCCCCCCCCCCOC(=O)CCC(N)C(=O)OC(=O)CCCCCCCCCCC.[Na+]. The Labute approximate surface area is 412 Å². The molecule has 0 fully saturated rings. The van der Waals surface area contributed by atoms with Gasteiger partial charge in [0.15, 0.2) is 5.25 Å². The van der Waals surface area contributed by atoms with Crippen LogP contribution >= 0.6 is 0 Å². The van der Waals surface area contributed by atoms with Crippen molar-refractivity contribution in [2.24, 2.45) is 17.6 Å². The molecule has 0 heterocycles. The number of esters is 5. The Hall–Kier alpha value is -1.58. The Kier molecular flexibility index (Phi) is 48.5. The van der Waals surface area contributed by atoms with Crippen molar-refractivity contribution in [2.75, 3.05) is 19.8 Å². The Morgan fingerprint density at radius 2 is 0.906 bits per heavy atom. The summed E-state index contributed by atoms with van der Waals surface area (Å²) in [7, 11) is -5.01. The summed E-state index contributed by atoms with van der Waals surface area (Å²) in [5, 5.41) is -2.06. The molecule has 0 spiro atoms. The fraction of sp³-hybridized carbons (Fsp3) is 0.898. The second kappa shape index (κ2) is 46.5. The van der Waals surface area contributed by atoms with Crippen LogP contribution in [0, 0.1) is 11.8 Å². The maximum Gasteiger partial charge on any atom is 1.00 e. The molecule has 0 aromatic rings. The van der Waals surface area contributed by atoms with E-state index in [1.807, 2.05) is 13.8 Å². The summed E-state index contributed by atoms with van der Waals surface area (Å²) in [4.78, 5) is 59.8. The largest absolute Gasteiger partial charge is 1.00 e. The third-order valence-corrected chi connectivity index (χ3v) is 12.5. The van der Waals surface area contributed by atoms with E-state index in [-0.39, 0.29) is 79.8 Å². The molecule has 0 bridgehead atoms. The van der Waals surface area contributed by atoms with Crippen LogP contribution in [0.25, 0.3) is 0 Å². The number of hydrogen-bond donors (Lipinski definition) is 1. The first-order valence-electron chi connectivity index (χ1n) is 25.1. The van der Waals surface area contributed by atoms with Crippen molar-refractivity contribution in [2.45, 2.75) is 252 Å². The molecule has 2 N–H and O–H groups in total. The van der Waals surface area contributed by atoms with E-state index in [9.17, 15) is 36.9 Å². The van der Waals surface area contributed by atoms with Crippen LogP contribution in [0.4, 0.5) is 0 Å². The molecule has 15 heteroatoms. The summed E-state index contributed by atoms with van der Waals surface area (Å²) in [5.41, 5.74) is 5.78. The van der Waals surface area contributed by atoms with Crippen molar-refractivity contribution >= 4 is 40.0 Å². The number of rotatable bonds is 41. The van der Waals surface area contributed by atoms with E-state index in [2.05, 4.69) is 27.7 Å². The summed E-state index contributed by atoms with van der Waals surface area (Å²) in [6.07, 6.45) is 29.7. The average Bonchev–Trinajstić information content (AvgIpc) is 3.25. The van der Waals surface area contributed by atoms with Gasteiger partial charge in [-0.1, -0.05) is 189 Å². The van der Waals surface area contributed by atoms with Crippen LogP contribution in [0.1, 0.15) is 241 Å². The van der Waals surface area contributed by atoms with Gasteiger partial charge < -0.3 is 29.2 Å². The zero-order chi connectivity index (χ0) is 47.6. The van der Waals surface area contributed by atoms with E-state index in [0.717, 1.165) is 83.5 Å². The average molecular weight is 942 g/mol. The minimum Gasteiger partial charge on any atom is -0.747 e. The first kappa shape index (κ1) is 66.7. The minimum absolute atomic E-state index is 0. The standard InChI is InChI=1S/C29H55NO5.C20H38O7S.Na/c1-3-5-7-9-11-13-15-17-19-21-25-34-27(31)24-23-26(30)29(33)35-28(32)22-20-18-16-14-12-10-8-6-4-2;1-5-9-11-16(7-3)14-26-19(21)13-18(28(23,24)25)20(22)27-15-17(8-4)12-10-6-2;/h26H,3-25,30H2,1-2H3;16-18H,5-15H2,1-4H3,(H,23,24,25);/q;;+1/p-1. The monoisotopic (exact) mass is 942 g/mol. The second-order valence-corrected chi connectivity index (χ2v) is 18.8. The molecule has 0 saturated heterocycles. The van der Waals surface area contributed by atoms with Crippen LogP contribution in [0.2, 0.25) is 0 Å². The number of hydrogen-bond acceptors (Lipinski definition) is 13. The molecule has 0 aliphatic carbocycles. The van der Waals surface area contributed by atoms with E-state index < -0.39 is 51.7 Å². The maximum absolute atomic E-state index is 12.1. The molecule has 4 unspecified atom stereocenters. The minimum atomic E-state index is -5.01. The van der Waals surface area contributed by atoms with Gasteiger partial charge in [0, 0.05) is 12.8 Å². The smallest absolute Gasteiger partial charge is 0.747 e. The van der Waals surface area contributed by atoms with Crippen molar-refractivity contribution in [1.29, 1.82) is 0 Å². The van der Waals surface area contributed by atoms with E-state index in [1.54, 1.807) is 0 Å². The molecule has 0 rings (SSSR count). The molecule has 372 valence electrons. The quantitative estimate of drug-likeness (QED) is 0.0153. The Morgan fingerprint density at radius 3 is 1.34 bits per heavy atom. The van der Waals surface area contributed by atoms with Crippen LogP contribution in [-0.2, 0) is 53.0 Å². The third kappa shape index (κ3) is 41.8. The number of unbranched alkanes of at least 4 members (excludes halogenated alkanes) is 19. The van der Waals surface area contributed by atoms with Gasteiger partial charge in [-0.05, 0) is 43.9 Å². The summed E-state index contributed by atoms with van der Waals surface area (Å²) < 4.78 is 54.6. The second-order valence-electron chi connectivity index (χ2n) is 17.3. The van der Waals surface area contributed by atoms with E-state index >= 15 is 0 Å². The van der Waals surface area contributed by atoms with Crippen molar-refractivity contribution < 1.29 is 85.4 Å². The molecule has 0 radical (unpaired) electrons. The number of ether oxygens (including phenoxy) is 4. The summed E-state index contributed by atoms with van der Waals surface area (Å²) in [5.74, 6) is -3.39. The van der Waals surface area contributed by atoms with E-state index in [1.165, 1.54) is 89.9 Å². The zero-order valence-electron chi connectivity index (χ0n) is 41.7. The first-order valence-corrected chi connectivity index (χ1v) is 26.6. The van der Waals surface area contributed by atoms with Gasteiger partial charge in [-0.2, -0.15) is 0 Å². The molecular formula is C49H92NNaO12S. The van der Waals surface area contributed by atoms with Crippen molar-refractivity contribution in [1.82, 2.24) is 0 Å². The fourth-order valence-corrected chi connectivity index (χ4v) is 7.52. The van der Waals surface area contributed by atoms with Crippen molar-refractivity contribution in [3.8, 4) is 0 Å². The van der Waals surface area contributed by atoms with Crippen molar-refractivity contribution in [3.63, 3.8) is 0 Å². The molecule has 64 heavy (non-hydrogen) atoms. The van der Waals surface area contributed by atoms with Gasteiger partial charge in [0.2, 0.25) is 0 Å². The summed E-state index contributed by atoms with van der Waals surface area (Å²) in [6.45, 7) is 13.1. The van der Waals surface area contributed by atoms with Crippen LogP contribution in [0.3, 0.4) is 0 Å². The molecule has 0 aliphatic rings. The van der Waals surface area contributed by atoms with Crippen LogP contribution in [0.15, 0.2) is 0 Å². The molecule has 0 aromatic heterocycles. The van der Waals surface area contributed by atoms with Gasteiger partial charge in [0.1, 0.15) is 16.2 Å². The molecule has 13 nitrogen and oxygen atoms in total. The first-order chi connectivity index (χ1) is 30.2. The molecule has 0 aliphatic heterocycles. The van der Waals surface area contributed by atoms with Gasteiger partial charge in [-0.3, -0.25) is 19.2 Å². The van der Waals surface area contributed by atoms with Gasteiger partial charge in [0.25, 0.3) is 0 Å². The fourth-order valence-electron chi connectivity index (χ4n) is 6.87. The molecule has 0 amide bonds. The Balaban J connectivity index is -0.00000117.